The van der Waals surface area contributed by atoms with Crippen molar-refractivity contribution >= 4 is 12.4 Å². The fourth-order valence-corrected chi connectivity index (χ4v) is 2.90. The van der Waals surface area contributed by atoms with Crippen LogP contribution in [0.4, 0.5) is 0 Å². The molecule has 1 heterocycles. The Balaban J connectivity index is 2.42. The molecule has 0 radical (unpaired) electrons. The lowest BCUT2D eigenvalue weighted by molar-refractivity contribution is 0.566. The van der Waals surface area contributed by atoms with Gasteiger partial charge in [0.25, 0.3) is 0 Å². The standard InChI is InChI=1S/C20H23N3/c1-4-11-22-13-15(3)18-9-8-16-12-19(18)20(23-14-16)17(5-2)7-6-10-21/h4-11,13,19,21,23H,1-2,12,14H2,3H3/b7-6-,15-13+,20-17+,21-10?,22-11-. The summed E-state index contributed by atoms with van der Waals surface area (Å²) in [5.41, 5.74) is 6.02. The molecule has 2 bridgehead atoms. The van der Waals surface area contributed by atoms with Gasteiger partial charge in [-0.05, 0) is 36.1 Å². The van der Waals surface area contributed by atoms with Crippen LogP contribution in [0.5, 0.6) is 0 Å². The Morgan fingerprint density at radius 3 is 2.91 bits per heavy atom. The molecule has 23 heavy (non-hydrogen) atoms. The fourth-order valence-electron chi connectivity index (χ4n) is 2.90. The lowest BCUT2D eigenvalue weighted by atomic mass is 9.78. The van der Waals surface area contributed by atoms with Crippen LogP contribution in [0.2, 0.25) is 0 Å². The van der Waals surface area contributed by atoms with E-state index in [0.717, 1.165) is 24.1 Å². The van der Waals surface area contributed by atoms with Gasteiger partial charge in [0, 0.05) is 36.8 Å². The quantitative estimate of drug-likeness (QED) is 0.707. The van der Waals surface area contributed by atoms with E-state index < -0.39 is 0 Å². The van der Waals surface area contributed by atoms with E-state index in [4.69, 9.17) is 5.41 Å². The topological polar surface area (TPSA) is 48.2 Å². The molecule has 1 unspecified atom stereocenters. The highest BCUT2D eigenvalue weighted by Crippen LogP contribution is 2.38. The van der Waals surface area contributed by atoms with E-state index in [1.807, 2.05) is 18.4 Å². The van der Waals surface area contributed by atoms with E-state index in [-0.39, 0.29) is 5.92 Å². The Bertz CT molecular complexity index is 682. The molecule has 2 N–H and O–H groups in total. The van der Waals surface area contributed by atoms with E-state index >= 15 is 0 Å². The van der Waals surface area contributed by atoms with Crippen LogP contribution in [0.25, 0.3) is 0 Å². The van der Waals surface area contributed by atoms with Crippen molar-refractivity contribution in [3.63, 3.8) is 0 Å². The molecule has 2 aliphatic rings. The van der Waals surface area contributed by atoms with Crippen molar-refractivity contribution in [1.29, 1.82) is 5.41 Å². The van der Waals surface area contributed by atoms with Gasteiger partial charge in [-0.25, -0.2) is 0 Å². The summed E-state index contributed by atoms with van der Waals surface area (Å²) in [6.45, 7) is 10.5. The van der Waals surface area contributed by atoms with Crippen molar-refractivity contribution in [2.24, 2.45) is 10.9 Å². The van der Waals surface area contributed by atoms with Gasteiger partial charge in [-0.15, -0.1) is 0 Å². The minimum Gasteiger partial charge on any atom is -0.384 e. The van der Waals surface area contributed by atoms with Gasteiger partial charge < -0.3 is 10.7 Å². The minimum absolute atomic E-state index is 0.280. The highest BCUT2D eigenvalue weighted by Gasteiger charge is 2.29. The average Bonchev–Trinajstić information content (AvgIpc) is 2.57. The van der Waals surface area contributed by atoms with Crippen LogP contribution in [0.1, 0.15) is 13.3 Å². The smallest absolute Gasteiger partial charge is 0.0361 e. The number of nitrogens with zero attached hydrogens (tertiary/aromatic N) is 1. The summed E-state index contributed by atoms with van der Waals surface area (Å²) in [5, 5.41) is 10.7. The molecular formula is C20H23N3. The molecule has 0 aromatic rings. The van der Waals surface area contributed by atoms with Gasteiger partial charge in [-0.3, -0.25) is 4.99 Å². The van der Waals surface area contributed by atoms with Gasteiger partial charge in [-0.1, -0.05) is 49.1 Å². The molecule has 2 rings (SSSR count). The Morgan fingerprint density at radius 1 is 1.39 bits per heavy atom. The van der Waals surface area contributed by atoms with E-state index in [1.165, 1.54) is 23.1 Å². The zero-order valence-electron chi connectivity index (χ0n) is 13.5. The van der Waals surface area contributed by atoms with Gasteiger partial charge in [0.05, 0.1) is 0 Å². The number of allylic oxidation sites excluding steroid dienone is 9. The normalized spacial score (nSPS) is 23.2. The SMILES string of the molecule is C=C/C=N\C=C(/C)C1=CC=C2CN/C(=C(C=C)/C=C\C=N)C1C2. The Kier molecular flexibility index (Phi) is 5.87. The first-order valence-electron chi connectivity index (χ1n) is 7.69. The predicted octanol–water partition coefficient (Wildman–Crippen LogP) is 4.27. The van der Waals surface area contributed by atoms with Crippen LogP contribution in [-0.4, -0.2) is 19.0 Å². The van der Waals surface area contributed by atoms with E-state index in [1.54, 1.807) is 18.4 Å². The average molecular weight is 305 g/mol. The van der Waals surface area contributed by atoms with Crippen LogP contribution >= 0.6 is 0 Å². The zero-order chi connectivity index (χ0) is 16.7. The Labute approximate surface area is 138 Å². The summed E-state index contributed by atoms with van der Waals surface area (Å²) < 4.78 is 0. The van der Waals surface area contributed by atoms with Gasteiger partial charge >= 0.3 is 0 Å². The molecule has 1 saturated heterocycles. The highest BCUT2D eigenvalue weighted by molar-refractivity contribution is 5.71. The third-order valence-electron chi connectivity index (χ3n) is 4.01. The van der Waals surface area contributed by atoms with Crippen molar-refractivity contribution in [1.82, 2.24) is 5.32 Å². The molecule has 1 aliphatic heterocycles. The molecule has 1 fully saturated rings. The van der Waals surface area contributed by atoms with Crippen LogP contribution in [-0.2, 0) is 0 Å². The molecule has 118 valence electrons. The summed E-state index contributed by atoms with van der Waals surface area (Å²) in [5.74, 6) is 0.280. The predicted molar refractivity (Wildman–Crippen MR) is 99.9 cm³/mol. The number of fused-ring (bicyclic) bond motifs is 2. The van der Waals surface area contributed by atoms with Crippen molar-refractivity contribution in [3.8, 4) is 0 Å². The summed E-state index contributed by atoms with van der Waals surface area (Å²) in [7, 11) is 0. The molecule has 3 nitrogen and oxygen atoms in total. The van der Waals surface area contributed by atoms with Gasteiger partial charge in [0.15, 0.2) is 0 Å². The molecular weight excluding hydrogens is 282 g/mol. The van der Waals surface area contributed by atoms with E-state index in [0.29, 0.717) is 0 Å². The second kappa shape index (κ2) is 8.08. The molecule has 1 aliphatic carbocycles. The van der Waals surface area contributed by atoms with E-state index in [2.05, 4.69) is 42.5 Å². The summed E-state index contributed by atoms with van der Waals surface area (Å²) in [6, 6.07) is 0. The zero-order valence-corrected chi connectivity index (χ0v) is 13.5. The van der Waals surface area contributed by atoms with Gasteiger partial charge in [-0.2, -0.15) is 0 Å². The van der Waals surface area contributed by atoms with Crippen molar-refractivity contribution in [2.45, 2.75) is 13.3 Å². The Hall–Kier alpha value is -2.68. The first-order valence-corrected chi connectivity index (χ1v) is 7.69. The van der Waals surface area contributed by atoms with Crippen molar-refractivity contribution in [2.75, 3.05) is 6.54 Å². The molecule has 0 aromatic heterocycles. The monoisotopic (exact) mass is 305 g/mol. The third-order valence-corrected chi connectivity index (χ3v) is 4.01. The van der Waals surface area contributed by atoms with Crippen LogP contribution in [0.15, 0.2) is 88.8 Å². The van der Waals surface area contributed by atoms with Gasteiger partial charge in [0.1, 0.15) is 0 Å². The van der Waals surface area contributed by atoms with Crippen molar-refractivity contribution in [3.05, 3.63) is 83.8 Å². The number of piperidine rings is 1. The number of hydrogen-bond donors (Lipinski definition) is 2. The summed E-state index contributed by atoms with van der Waals surface area (Å²) >= 11 is 0. The molecule has 1 atom stereocenters. The number of nitrogens with one attached hydrogen (secondary N) is 2. The summed E-state index contributed by atoms with van der Waals surface area (Å²) in [4.78, 5) is 4.24. The maximum atomic E-state index is 7.18. The fraction of sp³-hybridized carbons (Fsp3) is 0.200. The van der Waals surface area contributed by atoms with Crippen LogP contribution < -0.4 is 5.32 Å². The highest BCUT2D eigenvalue weighted by atomic mass is 14.9. The maximum Gasteiger partial charge on any atom is 0.0361 e. The second-order valence-corrected chi connectivity index (χ2v) is 5.50. The minimum atomic E-state index is 0.280. The van der Waals surface area contributed by atoms with Crippen molar-refractivity contribution < 1.29 is 0 Å². The molecule has 0 aromatic carbocycles. The molecule has 0 saturated carbocycles. The first kappa shape index (κ1) is 16.7. The van der Waals surface area contributed by atoms with Gasteiger partial charge in [0.2, 0.25) is 0 Å². The lowest BCUT2D eigenvalue weighted by Crippen LogP contribution is -2.33. The third kappa shape index (κ3) is 3.95. The molecule has 0 spiro atoms. The lowest BCUT2D eigenvalue weighted by Gasteiger charge is -2.35. The Morgan fingerprint density at radius 2 is 2.22 bits per heavy atom. The number of aliphatic imine (C=N–C) groups is 1. The second-order valence-electron chi connectivity index (χ2n) is 5.50. The molecule has 0 amide bonds. The number of rotatable bonds is 6. The van der Waals surface area contributed by atoms with E-state index in [9.17, 15) is 0 Å². The molecule has 3 heteroatoms. The van der Waals surface area contributed by atoms with Crippen LogP contribution in [0.3, 0.4) is 0 Å². The van der Waals surface area contributed by atoms with Crippen LogP contribution in [0, 0.1) is 11.3 Å². The first-order chi connectivity index (χ1) is 11.2. The largest absolute Gasteiger partial charge is 0.384 e. The number of hydrogen-bond acceptors (Lipinski definition) is 3. The summed E-state index contributed by atoms with van der Waals surface area (Å²) in [6.07, 6.45) is 17.4. The maximum absolute atomic E-state index is 7.18.